The lowest BCUT2D eigenvalue weighted by atomic mass is 9.95. The van der Waals surface area contributed by atoms with Crippen molar-refractivity contribution in [2.45, 2.75) is 37.4 Å². The number of hydrogen-bond donors (Lipinski definition) is 2. The van der Waals surface area contributed by atoms with Gasteiger partial charge in [0.25, 0.3) is 5.91 Å². The SMILES string of the molecule is O=C(N[C@@H]1C[C@H]2CC[C@@H]1N2)c1ccc(Br)s1. The molecule has 0 saturated carbocycles. The first-order valence-electron chi connectivity index (χ1n) is 5.54. The third kappa shape index (κ3) is 1.92. The highest BCUT2D eigenvalue weighted by molar-refractivity contribution is 9.11. The fourth-order valence-electron chi connectivity index (χ4n) is 2.66. The lowest BCUT2D eigenvalue weighted by molar-refractivity contribution is 0.0935. The van der Waals surface area contributed by atoms with E-state index in [2.05, 4.69) is 26.6 Å². The summed E-state index contributed by atoms with van der Waals surface area (Å²) in [6.45, 7) is 0. The van der Waals surface area contributed by atoms with Gasteiger partial charge in [-0.1, -0.05) is 0 Å². The first-order chi connectivity index (χ1) is 7.72. The third-order valence-corrected chi connectivity index (χ3v) is 5.04. The molecule has 0 aliphatic carbocycles. The molecule has 2 aliphatic rings. The smallest absolute Gasteiger partial charge is 0.261 e. The molecule has 3 rings (SSSR count). The largest absolute Gasteiger partial charge is 0.347 e. The number of fused-ring (bicyclic) bond motifs is 2. The van der Waals surface area contributed by atoms with Crippen LogP contribution in [-0.4, -0.2) is 24.0 Å². The molecule has 0 radical (unpaired) electrons. The maximum atomic E-state index is 11.9. The minimum Gasteiger partial charge on any atom is -0.347 e. The molecule has 0 unspecified atom stereocenters. The highest BCUT2D eigenvalue weighted by atomic mass is 79.9. The van der Waals surface area contributed by atoms with Crippen LogP contribution in [0.15, 0.2) is 15.9 Å². The fourth-order valence-corrected chi connectivity index (χ4v) is 3.95. The molecular weight excluding hydrogens is 288 g/mol. The number of carbonyl (C=O) groups excluding carboxylic acids is 1. The van der Waals surface area contributed by atoms with E-state index in [4.69, 9.17) is 0 Å². The van der Waals surface area contributed by atoms with Crippen molar-refractivity contribution in [3.8, 4) is 0 Å². The van der Waals surface area contributed by atoms with Crippen LogP contribution in [0.25, 0.3) is 0 Å². The Morgan fingerprint density at radius 1 is 1.50 bits per heavy atom. The second kappa shape index (κ2) is 4.13. The summed E-state index contributed by atoms with van der Waals surface area (Å²) in [6, 6.07) is 5.23. The quantitative estimate of drug-likeness (QED) is 0.878. The van der Waals surface area contributed by atoms with Gasteiger partial charge in [-0.3, -0.25) is 4.79 Å². The van der Waals surface area contributed by atoms with Crippen molar-refractivity contribution in [1.29, 1.82) is 0 Å². The Morgan fingerprint density at radius 2 is 2.38 bits per heavy atom. The van der Waals surface area contributed by atoms with E-state index in [-0.39, 0.29) is 5.91 Å². The van der Waals surface area contributed by atoms with Crippen LogP contribution in [0.3, 0.4) is 0 Å². The second-order valence-corrected chi connectivity index (χ2v) is 6.93. The van der Waals surface area contributed by atoms with Crippen molar-refractivity contribution >= 4 is 33.2 Å². The molecule has 86 valence electrons. The van der Waals surface area contributed by atoms with Gasteiger partial charge in [-0.15, -0.1) is 11.3 Å². The zero-order valence-electron chi connectivity index (χ0n) is 8.70. The molecule has 3 heterocycles. The van der Waals surface area contributed by atoms with Crippen LogP contribution < -0.4 is 10.6 Å². The van der Waals surface area contributed by atoms with E-state index >= 15 is 0 Å². The Morgan fingerprint density at radius 3 is 2.94 bits per heavy atom. The first kappa shape index (κ1) is 10.7. The Balaban J connectivity index is 1.65. The van der Waals surface area contributed by atoms with Gasteiger partial charge in [0.1, 0.15) is 0 Å². The molecule has 1 aromatic rings. The van der Waals surface area contributed by atoms with Crippen LogP contribution in [0.1, 0.15) is 28.9 Å². The van der Waals surface area contributed by atoms with E-state index in [9.17, 15) is 4.79 Å². The summed E-state index contributed by atoms with van der Waals surface area (Å²) >= 11 is 4.86. The molecule has 2 bridgehead atoms. The summed E-state index contributed by atoms with van der Waals surface area (Å²) in [6.07, 6.45) is 3.55. The Bertz CT molecular complexity index is 420. The number of carbonyl (C=O) groups is 1. The molecule has 1 aromatic heterocycles. The lowest BCUT2D eigenvalue weighted by Gasteiger charge is -2.20. The van der Waals surface area contributed by atoms with Crippen LogP contribution in [0.4, 0.5) is 0 Å². The zero-order valence-corrected chi connectivity index (χ0v) is 11.1. The Hall–Kier alpha value is -0.390. The number of hydrogen-bond acceptors (Lipinski definition) is 3. The summed E-state index contributed by atoms with van der Waals surface area (Å²) < 4.78 is 1.00. The number of halogens is 1. The summed E-state index contributed by atoms with van der Waals surface area (Å²) in [5.74, 6) is 0.0649. The number of thiophene rings is 1. The topological polar surface area (TPSA) is 41.1 Å². The minimum atomic E-state index is 0.0649. The summed E-state index contributed by atoms with van der Waals surface area (Å²) in [7, 11) is 0. The molecule has 16 heavy (non-hydrogen) atoms. The maximum Gasteiger partial charge on any atom is 0.261 e. The van der Waals surface area contributed by atoms with Crippen LogP contribution in [0.2, 0.25) is 0 Å². The van der Waals surface area contributed by atoms with Crippen LogP contribution in [0.5, 0.6) is 0 Å². The predicted octanol–water partition coefficient (Wildman–Crippen LogP) is 2.13. The number of nitrogens with one attached hydrogen (secondary N) is 2. The third-order valence-electron chi connectivity index (χ3n) is 3.41. The summed E-state index contributed by atoms with van der Waals surface area (Å²) in [5.41, 5.74) is 0. The van der Waals surface area contributed by atoms with Crippen molar-refractivity contribution in [3.63, 3.8) is 0 Å². The van der Waals surface area contributed by atoms with Crippen molar-refractivity contribution in [3.05, 3.63) is 20.8 Å². The van der Waals surface area contributed by atoms with Crippen LogP contribution in [0, 0.1) is 0 Å². The Labute approximate surface area is 107 Å². The molecule has 3 nitrogen and oxygen atoms in total. The second-order valence-electron chi connectivity index (χ2n) is 4.47. The summed E-state index contributed by atoms with van der Waals surface area (Å²) in [4.78, 5) is 12.7. The van der Waals surface area contributed by atoms with Crippen LogP contribution >= 0.6 is 27.3 Å². The first-order valence-corrected chi connectivity index (χ1v) is 7.15. The maximum absolute atomic E-state index is 11.9. The van der Waals surface area contributed by atoms with Crippen LogP contribution in [-0.2, 0) is 0 Å². The van der Waals surface area contributed by atoms with E-state index in [1.54, 1.807) is 0 Å². The van der Waals surface area contributed by atoms with Gasteiger partial charge in [0.2, 0.25) is 0 Å². The molecule has 2 saturated heterocycles. The van der Waals surface area contributed by atoms with E-state index in [1.165, 1.54) is 24.2 Å². The van der Waals surface area contributed by atoms with E-state index in [0.29, 0.717) is 18.1 Å². The van der Waals surface area contributed by atoms with Gasteiger partial charge in [-0.05, 0) is 47.3 Å². The van der Waals surface area contributed by atoms with Crippen molar-refractivity contribution in [2.75, 3.05) is 0 Å². The molecule has 5 heteroatoms. The minimum absolute atomic E-state index is 0.0649. The Kier molecular flexibility index (Phi) is 2.77. The fraction of sp³-hybridized carbons (Fsp3) is 0.545. The van der Waals surface area contributed by atoms with Crippen molar-refractivity contribution in [2.24, 2.45) is 0 Å². The molecule has 0 spiro atoms. The lowest BCUT2D eigenvalue weighted by Crippen LogP contribution is -2.42. The standard InChI is InChI=1S/C11H13BrN2OS/c12-10-4-3-9(16-10)11(15)14-8-5-6-1-2-7(8)13-6/h3-4,6-8,13H,1-2,5H2,(H,14,15)/t6-,7+,8-/m1/s1. The van der Waals surface area contributed by atoms with Gasteiger partial charge >= 0.3 is 0 Å². The average molecular weight is 301 g/mol. The molecule has 3 atom stereocenters. The van der Waals surface area contributed by atoms with Gasteiger partial charge in [0.05, 0.1) is 8.66 Å². The average Bonchev–Trinajstić information content (AvgIpc) is 2.92. The van der Waals surface area contributed by atoms with E-state index in [0.717, 1.165) is 15.1 Å². The molecule has 1 amide bonds. The highest BCUT2D eigenvalue weighted by Crippen LogP contribution is 2.29. The van der Waals surface area contributed by atoms with E-state index < -0.39 is 0 Å². The molecule has 0 aromatic carbocycles. The van der Waals surface area contributed by atoms with E-state index in [1.807, 2.05) is 12.1 Å². The number of rotatable bonds is 2. The van der Waals surface area contributed by atoms with Crippen molar-refractivity contribution in [1.82, 2.24) is 10.6 Å². The predicted molar refractivity (Wildman–Crippen MR) is 67.8 cm³/mol. The van der Waals surface area contributed by atoms with Gasteiger partial charge in [-0.2, -0.15) is 0 Å². The number of amides is 1. The zero-order chi connectivity index (χ0) is 11.1. The van der Waals surface area contributed by atoms with Crippen molar-refractivity contribution < 1.29 is 4.79 Å². The van der Waals surface area contributed by atoms with Gasteiger partial charge < -0.3 is 10.6 Å². The molecule has 2 N–H and O–H groups in total. The van der Waals surface area contributed by atoms with Gasteiger partial charge in [0.15, 0.2) is 0 Å². The highest BCUT2D eigenvalue weighted by Gasteiger charge is 2.39. The monoisotopic (exact) mass is 300 g/mol. The molecular formula is C11H13BrN2OS. The summed E-state index contributed by atoms with van der Waals surface area (Å²) in [5, 5.41) is 6.65. The molecule has 2 aliphatic heterocycles. The van der Waals surface area contributed by atoms with Gasteiger partial charge in [0, 0.05) is 18.1 Å². The van der Waals surface area contributed by atoms with Gasteiger partial charge in [-0.25, -0.2) is 0 Å². The normalized spacial score (nSPS) is 31.9. The molecule has 2 fully saturated rings.